The lowest BCUT2D eigenvalue weighted by Gasteiger charge is -2.04. The van der Waals surface area contributed by atoms with E-state index in [4.69, 9.17) is 11.6 Å². The number of aldehydes is 1. The van der Waals surface area contributed by atoms with Crippen molar-refractivity contribution in [1.82, 2.24) is 0 Å². The van der Waals surface area contributed by atoms with Gasteiger partial charge in [-0.3, -0.25) is 9.59 Å². The molecule has 0 fully saturated rings. The summed E-state index contributed by atoms with van der Waals surface area (Å²) in [5.41, 5.74) is 2.28. The second kappa shape index (κ2) is 6.30. The number of carbonyl (C=O) groups excluding carboxylic acids is 2. The Labute approximate surface area is 117 Å². The number of hydrogen-bond donors (Lipinski definition) is 0. The van der Waals surface area contributed by atoms with Crippen LogP contribution in [0.5, 0.6) is 0 Å². The van der Waals surface area contributed by atoms with Crippen LogP contribution in [-0.4, -0.2) is 12.1 Å². The first-order valence-electron chi connectivity index (χ1n) is 5.98. The molecule has 2 rings (SSSR count). The van der Waals surface area contributed by atoms with Crippen LogP contribution in [0, 0.1) is 0 Å². The highest BCUT2D eigenvalue weighted by Gasteiger charge is 2.08. The first kappa shape index (κ1) is 13.5. The minimum Gasteiger partial charge on any atom is -0.299 e. The number of carbonyl (C=O) groups is 2. The zero-order chi connectivity index (χ0) is 13.7. The smallest absolute Gasteiger partial charge is 0.150 e. The van der Waals surface area contributed by atoms with E-state index in [1.807, 2.05) is 24.3 Å². The molecule has 0 aliphatic rings. The molecule has 0 radical (unpaired) electrons. The lowest BCUT2D eigenvalue weighted by molar-refractivity contribution is -0.117. The lowest BCUT2D eigenvalue weighted by Crippen LogP contribution is -2.08. The quantitative estimate of drug-likeness (QED) is 0.781. The van der Waals surface area contributed by atoms with Crippen molar-refractivity contribution in [3.63, 3.8) is 0 Å². The molecule has 0 bridgehead atoms. The van der Waals surface area contributed by atoms with Crippen LogP contribution in [0.3, 0.4) is 0 Å². The third-order valence-corrected chi connectivity index (χ3v) is 3.14. The molecule has 0 unspecified atom stereocenters. The molecule has 0 saturated carbocycles. The average Bonchev–Trinajstić information content (AvgIpc) is 2.42. The van der Waals surface area contributed by atoms with Gasteiger partial charge in [-0.25, -0.2) is 0 Å². The molecule has 3 heteroatoms. The molecule has 19 heavy (non-hydrogen) atoms. The van der Waals surface area contributed by atoms with Crippen LogP contribution in [0.25, 0.3) is 0 Å². The monoisotopic (exact) mass is 272 g/mol. The van der Waals surface area contributed by atoms with Crippen LogP contribution in [-0.2, 0) is 17.6 Å². The Kier molecular flexibility index (Phi) is 4.48. The third kappa shape index (κ3) is 3.76. The normalized spacial score (nSPS) is 10.2. The highest BCUT2D eigenvalue weighted by molar-refractivity contribution is 6.30. The summed E-state index contributed by atoms with van der Waals surface area (Å²) in [4.78, 5) is 22.9. The van der Waals surface area contributed by atoms with Crippen LogP contribution >= 0.6 is 11.6 Å². The fraction of sp³-hybridized carbons (Fsp3) is 0.125. The molecule has 96 valence electrons. The SMILES string of the molecule is O=Cc1ccccc1CC(=O)Cc1ccc(Cl)cc1. The topological polar surface area (TPSA) is 34.1 Å². The maximum Gasteiger partial charge on any atom is 0.150 e. The van der Waals surface area contributed by atoms with E-state index >= 15 is 0 Å². The van der Waals surface area contributed by atoms with Gasteiger partial charge in [0.15, 0.2) is 0 Å². The zero-order valence-corrected chi connectivity index (χ0v) is 11.1. The van der Waals surface area contributed by atoms with Crippen molar-refractivity contribution >= 4 is 23.7 Å². The largest absolute Gasteiger partial charge is 0.299 e. The first-order valence-corrected chi connectivity index (χ1v) is 6.36. The molecule has 0 heterocycles. The van der Waals surface area contributed by atoms with Crippen LogP contribution in [0.1, 0.15) is 21.5 Å². The number of ketones is 1. The highest BCUT2D eigenvalue weighted by Crippen LogP contribution is 2.12. The molecular formula is C16H13ClO2. The van der Waals surface area contributed by atoms with E-state index in [0.717, 1.165) is 17.4 Å². The fourth-order valence-electron chi connectivity index (χ4n) is 1.92. The number of hydrogen-bond acceptors (Lipinski definition) is 2. The minimum absolute atomic E-state index is 0.0802. The standard InChI is InChI=1S/C16H13ClO2/c17-15-7-5-12(6-8-15)9-16(19)10-13-3-1-2-4-14(13)11-18/h1-8,11H,9-10H2. The molecule has 0 spiro atoms. The summed E-state index contributed by atoms with van der Waals surface area (Å²) in [5.74, 6) is 0.0802. The molecule has 0 saturated heterocycles. The van der Waals surface area contributed by atoms with Gasteiger partial charge in [-0.15, -0.1) is 0 Å². The second-order valence-electron chi connectivity index (χ2n) is 4.34. The van der Waals surface area contributed by atoms with Crippen molar-refractivity contribution in [2.75, 3.05) is 0 Å². The second-order valence-corrected chi connectivity index (χ2v) is 4.77. The van der Waals surface area contributed by atoms with E-state index in [2.05, 4.69) is 0 Å². The van der Waals surface area contributed by atoms with E-state index in [0.29, 0.717) is 17.0 Å². The van der Waals surface area contributed by atoms with Crippen molar-refractivity contribution in [3.8, 4) is 0 Å². The van der Waals surface area contributed by atoms with Gasteiger partial charge in [0.25, 0.3) is 0 Å². The van der Waals surface area contributed by atoms with Gasteiger partial charge in [-0.2, -0.15) is 0 Å². The van der Waals surface area contributed by atoms with E-state index in [9.17, 15) is 9.59 Å². The summed E-state index contributed by atoms with van der Waals surface area (Å²) in [6.45, 7) is 0. The van der Waals surface area contributed by atoms with Crippen molar-refractivity contribution in [3.05, 3.63) is 70.2 Å². The highest BCUT2D eigenvalue weighted by atomic mass is 35.5. The Hall–Kier alpha value is -1.93. The van der Waals surface area contributed by atoms with Gasteiger partial charge in [0.05, 0.1) is 0 Å². The maximum absolute atomic E-state index is 12.0. The Morgan fingerprint density at radius 1 is 1.00 bits per heavy atom. The molecule has 0 N–H and O–H groups in total. The Balaban J connectivity index is 2.05. The van der Waals surface area contributed by atoms with Crippen LogP contribution < -0.4 is 0 Å². The molecule has 0 aromatic heterocycles. The number of rotatable bonds is 5. The molecule has 2 aromatic carbocycles. The molecule has 0 atom stereocenters. The van der Waals surface area contributed by atoms with Gasteiger partial charge >= 0.3 is 0 Å². The zero-order valence-electron chi connectivity index (χ0n) is 10.3. The van der Waals surface area contributed by atoms with Gasteiger partial charge in [0.2, 0.25) is 0 Å². The van der Waals surface area contributed by atoms with Crippen LogP contribution in [0.4, 0.5) is 0 Å². The van der Waals surface area contributed by atoms with E-state index in [1.54, 1.807) is 24.3 Å². The van der Waals surface area contributed by atoms with E-state index in [-0.39, 0.29) is 12.2 Å². The first-order chi connectivity index (χ1) is 9.19. The summed E-state index contributed by atoms with van der Waals surface area (Å²) < 4.78 is 0. The Morgan fingerprint density at radius 2 is 1.68 bits per heavy atom. The van der Waals surface area contributed by atoms with Gasteiger partial charge in [0, 0.05) is 23.4 Å². The maximum atomic E-state index is 12.0. The molecule has 0 aliphatic heterocycles. The molecule has 2 nitrogen and oxygen atoms in total. The minimum atomic E-state index is 0.0802. The summed E-state index contributed by atoms with van der Waals surface area (Å²) in [5, 5.41) is 0.655. The Bertz CT molecular complexity index is 588. The van der Waals surface area contributed by atoms with E-state index in [1.165, 1.54) is 0 Å². The molecule has 2 aromatic rings. The van der Waals surface area contributed by atoms with Gasteiger partial charge in [-0.1, -0.05) is 48.0 Å². The average molecular weight is 273 g/mol. The van der Waals surface area contributed by atoms with Crippen molar-refractivity contribution < 1.29 is 9.59 Å². The summed E-state index contributed by atoms with van der Waals surface area (Å²) in [6.07, 6.45) is 1.41. The van der Waals surface area contributed by atoms with Crippen LogP contribution in [0.15, 0.2) is 48.5 Å². The predicted molar refractivity (Wildman–Crippen MR) is 75.7 cm³/mol. The number of halogens is 1. The predicted octanol–water partition coefficient (Wildman–Crippen LogP) is 3.51. The third-order valence-electron chi connectivity index (χ3n) is 2.88. The number of Topliss-reactive ketones (excluding diaryl/α,β-unsaturated/α-hetero) is 1. The molecule has 0 amide bonds. The Morgan fingerprint density at radius 3 is 2.37 bits per heavy atom. The van der Waals surface area contributed by atoms with Crippen molar-refractivity contribution in [1.29, 1.82) is 0 Å². The van der Waals surface area contributed by atoms with Gasteiger partial charge in [0.1, 0.15) is 12.1 Å². The summed E-state index contributed by atoms with van der Waals surface area (Å²) in [7, 11) is 0. The van der Waals surface area contributed by atoms with E-state index < -0.39 is 0 Å². The van der Waals surface area contributed by atoms with Gasteiger partial charge < -0.3 is 0 Å². The summed E-state index contributed by atoms with van der Waals surface area (Å²) in [6, 6.07) is 14.4. The van der Waals surface area contributed by atoms with Crippen molar-refractivity contribution in [2.24, 2.45) is 0 Å². The molecule has 0 aliphatic carbocycles. The lowest BCUT2D eigenvalue weighted by atomic mass is 9.99. The molecular weight excluding hydrogens is 260 g/mol. The van der Waals surface area contributed by atoms with Crippen LogP contribution in [0.2, 0.25) is 5.02 Å². The number of benzene rings is 2. The fourth-order valence-corrected chi connectivity index (χ4v) is 2.04. The summed E-state index contributed by atoms with van der Waals surface area (Å²) >= 11 is 5.79. The van der Waals surface area contributed by atoms with Crippen molar-refractivity contribution in [2.45, 2.75) is 12.8 Å². The van der Waals surface area contributed by atoms with Gasteiger partial charge in [-0.05, 0) is 23.3 Å².